The summed E-state index contributed by atoms with van der Waals surface area (Å²) >= 11 is 0. The maximum absolute atomic E-state index is 10.7. The summed E-state index contributed by atoms with van der Waals surface area (Å²) in [5.41, 5.74) is 0. The summed E-state index contributed by atoms with van der Waals surface area (Å²) in [5.74, 6) is -0.326. The van der Waals surface area contributed by atoms with E-state index in [9.17, 15) is 4.79 Å². The van der Waals surface area contributed by atoms with Gasteiger partial charge in [0.2, 0.25) is 0 Å². The quantitative estimate of drug-likeness (QED) is 0.534. The van der Waals surface area contributed by atoms with E-state index < -0.39 is 0 Å². The Bertz CT molecular complexity index is 294. The topological polar surface area (TPSA) is 44.1 Å². The lowest BCUT2D eigenvalue weighted by molar-refractivity contribution is -0.132. The molecular weight excluding hydrogens is 180 g/mol. The number of unbranched alkanes of at least 4 members (excludes halogenated alkanes) is 2. The minimum atomic E-state index is -0.326. The Hall–Kier alpha value is -1.32. The number of ether oxygens (including phenoxy) is 1. The maximum Gasteiger partial charge on any atom is 0.310 e. The first-order chi connectivity index (χ1) is 6.74. The van der Waals surface area contributed by atoms with Crippen LogP contribution in [0, 0.1) is 0 Å². The second-order valence-electron chi connectivity index (χ2n) is 3.20. The lowest BCUT2D eigenvalue weighted by Crippen LogP contribution is -2.08. The first-order valence-corrected chi connectivity index (χ1v) is 4.93. The van der Waals surface area contributed by atoms with Crippen molar-refractivity contribution in [2.45, 2.75) is 39.7 Å². The van der Waals surface area contributed by atoms with E-state index in [4.69, 9.17) is 4.74 Å². The van der Waals surface area contributed by atoms with Crippen LogP contribution in [0.25, 0.3) is 0 Å². The van der Waals surface area contributed by atoms with Crippen LogP contribution in [-0.2, 0) is 11.3 Å². The van der Waals surface area contributed by atoms with Crippen molar-refractivity contribution in [2.75, 3.05) is 0 Å². The SMILES string of the molecule is CCCCCn1ccnc1OC(C)=O. The molecule has 0 aliphatic heterocycles. The number of esters is 1. The van der Waals surface area contributed by atoms with E-state index in [1.807, 2.05) is 10.8 Å². The Morgan fingerprint density at radius 2 is 2.36 bits per heavy atom. The van der Waals surface area contributed by atoms with E-state index in [-0.39, 0.29) is 5.97 Å². The molecule has 0 bridgehead atoms. The van der Waals surface area contributed by atoms with Gasteiger partial charge in [0.25, 0.3) is 0 Å². The van der Waals surface area contributed by atoms with Gasteiger partial charge >= 0.3 is 12.0 Å². The van der Waals surface area contributed by atoms with Crippen LogP contribution in [0.15, 0.2) is 12.4 Å². The summed E-state index contributed by atoms with van der Waals surface area (Å²) in [4.78, 5) is 14.7. The van der Waals surface area contributed by atoms with E-state index >= 15 is 0 Å². The molecule has 1 heterocycles. The van der Waals surface area contributed by atoms with E-state index in [0.717, 1.165) is 13.0 Å². The van der Waals surface area contributed by atoms with E-state index in [1.165, 1.54) is 19.8 Å². The summed E-state index contributed by atoms with van der Waals surface area (Å²) in [5, 5.41) is 0. The predicted octanol–water partition coefficient (Wildman–Crippen LogP) is 2.00. The summed E-state index contributed by atoms with van der Waals surface area (Å²) < 4.78 is 6.79. The van der Waals surface area contributed by atoms with Gasteiger partial charge in [-0.15, -0.1) is 0 Å². The highest BCUT2D eigenvalue weighted by molar-refractivity contribution is 5.68. The molecule has 0 aliphatic carbocycles. The number of carbonyl (C=O) groups is 1. The number of nitrogens with zero attached hydrogens (tertiary/aromatic N) is 2. The molecule has 0 saturated heterocycles. The largest absolute Gasteiger partial charge is 0.392 e. The van der Waals surface area contributed by atoms with Crippen molar-refractivity contribution in [1.29, 1.82) is 0 Å². The summed E-state index contributed by atoms with van der Waals surface area (Å²) in [6.45, 7) is 4.39. The third-order valence-electron chi connectivity index (χ3n) is 1.91. The molecule has 0 spiro atoms. The Balaban J connectivity index is 2.49. The van der Waals surface area contributed by atoms with Gasteiger partial charge < -0.3 is 9.30 Å². The zero-order valence-corrected chi connectivity index (χ0v) is 8.69. The average molecular weight is 196 g/mol. The molecule has 0 amide bonds. The smallest absolute Gasteiger partial charge is 0.310 e. The van der Waals surface area contributed by atoms with Gasteiger partial charge in [0.05, 0.1) is 0 Å². The normalized spacial score (nSPS) is 10.1. The van der Waals surface area contributed by atoms with Crippen LogP contribution in [0.4, 0.5) is 0 Å². The highest BCUT2D eigenvalue weighted by Gasteiger charge is 2.05. The monoisotopic (exact) mass is 196 g/mol. The van der Waals surface area contributed by atoms with Gasteiger partial charge in [0.1, 0.15) is 0 Å². The highest BCUT2D eigenvalue weighted by atomic mass is 16.5. The van der Waals surface area contributed by atoms with Gasteiger partial charge in [0.15, 0.2) is 0 Å². The van der Waals surface area contributed by atoms with Crippen LogP contribution in [0.3, 0.4) is 0 Å². The second-order valence-corrected chi connectivity index (χ2v) is 3.20. The molecule has 78 valence electrons. The minimum Gasteiger partial charge on any atom is -0.392 e. The van der Waals surface area contributed by atoms with Crippen molar-refractivity contribution in [2.24, 2.45) is 0 Å². The molecule has 0 aromatic carbocycles. The Morgan fingerprint density at radius 3 is 3.00 bits per heavy atom. The summed E-state index contributed by atoms with van der Waals surface area (Å²) in [6, 6.07) is 0.397. The van der Waals surface area contributed by atoms with Crippen molar-refractivity contribution in [1.82, 2.24) is 9.55 Å². The van der Waals surface area contributed by atoms with Crippen LogP contribution in [0.1, 0.15) is 33.1 Å². The van der Waals surface area contributed by atoms with Crippen molar-refractivity contribution in [3.05, 3.63) is 12.4 Å². The number of imidazole rings is 1. The maximum atomic E-state index is 10.7. The minimum absolute atomic E-state index is 0.326. The van der Waals surface area contributed by atoms with Crippen LogP contribution in [0.2, 0.25) is 0 Å². The number of hydrogen-bond donors (Lipinski definition) is 0. The molecule has 0 N–H and O–H groups in total. The molecule has 0 saturated carbocycles. The summed E-state index contributed by atoms with van der Waals surface area (Å²) in [6.07, 6.45) is 6.91. The molecule has 0 unspecified atom stereocenters. The van der Waals surface area contributed by atoms with Gasteiger partial charge in [0, 0.05) is 25.9 Å². The Kier molecular flexibility index (Phi) is 4.16. The lowest BCUT2D eigenvalue weighted by atomic mass is 10.2. The van der Waals surface area contributed by atoms with Crippen LogP contribution < -0.4 is 4.74 Å². The Labute approximate surface area is 83.9 Å². The third kappa shape index (κ3) is 3.20. The van der Waals surface area contributed by atoms with Crippen molar-refractivity contribution in [3.8, 4) is 6.01 Å². The van der Waals surface area contributed by atoms with Gasteiger partial charge in [-0.1, -0.05) is 19.8 Å². The molecule has 14 heavy (non-hydrogen) atoms. The van der Waals surface area contributed by atoms with Crippen molar-refractivity contribution >= 4 is 5.97 Å². The molecule has 0 aliphatic rings. The predicted molar refractivity (Wildman–Crippen MR) is 53.1 cm³/mol. The summed E-state index contributed by atoms with van der Waals surface area (Å²) in [7, 11) is 0. The van der Waals surface area contributed by atoms with Gasteiger partial charge in [-0.3, -0.25) is 4.79 Å². The molecular formula is C10H16N2O2. The molecule has 1 aromatic heterocycles. The number of carbonyl (C=O) groups excluding carboxylic acids is 1. The fourth-order valence-electron chi connectivity index (χ4n) is 1.23. The molecule has 1 aromatic rings. The number of hydrogen-bond acceptors (Lipinski definition) is 3. The molecule has 4 nitrogen and oxygen atoms in total. The zero-order valence-electron chi connectivity index (χ0n) is 8.69. The fourth-order valence-corrected chi connectivity index (χ4v) is 1.23. The molecule has 0 fully saturated rings. The fraction of sp³-hybridized carbons (Fsp3) is 0.600. The third-order valence-corrected chi connectivity index (χ3v) is 1.91. The Morgan fingerprint density at radius 1 is 1.57 bits per heavy atom. The highest BCUT2D eigenvalue weighted by Crippen LogP contribution is 2.09. The van der Waals surface area contributed by atoms with Crippen LogP contribution in [-0.4, -0.2) is 15.5 Å². The molecule has 4 heteroatoms. The van der Waals surface area contributed by atoms with E-state index in [2.05, 4.69) is 11.9 Å². The standard InChI is InChI=1S/C10H16N2O2/c1-3-4-5-7-12-8-6-11-10(12)14-9(2)13/h6,8H,3-5,7H2,1-2H3. The lowest BCUT2D eigenvalue weighted by Gasteiger charge is -2.05. The van der Waals surface area contributed by atoms with Gasteiger partial charge in [-0.2, -0.15) is 0 Å². The van der Waals surface area contributed by atoms with E-state index in [0.29, 0.717) is 6.01 Å². The van der Waals surface area contributed by atoms with Crippen LogP contribution in [0.5, 0.6) is 6.01 Å². The first kappa shape index (κ1) is 10.8. The second kappa shape index (κ2) is 5.42. The molecule has 0 atom stereocenters. The molecule has 0 radical (unpaired) electrons. The van der Waals surface area contributed by atoms with Gasteiger partial charge in [-0.25, -0.2) is 4.98 Å². The number of aryl methyl sites for hydroxylation is 1. The number of rotatable bonds is 5. The van der Waals surface area contributed by atoms with Crippen molar-refractivity contribution < 1.29 is 9.53 Å². The van der Waals surface area contributed by atoms with Gasteiger partial charge in [-0.05, 0) is 6.42 Å². The van der Waals surface area contributed by atoms with Crippen molar-refractivity contribution in [3.63, 3.8) is 0 Å². The van der Waals surface area contributed by atoms with Crippen LogP contribution >= 0.6 is 0 Å². The number of aromatic nitrogens is 2. The molecule has 1 rings (SSSR count). The zero-order chi connectivity index (χ0) is 10.4. The first-order valence-electron chi connectivity index (χ1n) is 4.93. The average Bonchev–Trinajstić information content (AvgIpc) is 2.52. The van der Waals surface area contributed by atoms with E-state index in [1.54, 1.807) is 6.20 Å².